The smallest absolute Gasteiger partial charge is 0.248 e. The molecule has 0 aliphatic rings. The average Bonchev–Trinajstić information content (AvgIpc) is 2.87. The van der Waals surface area contributed by atoms with Crippen LogP contribution in [0.2, 0.25) is 5.02 Å². The fourth-order valence-corrected chi connectivity index (χ4v) is 3.41. The van der Waals surface area contributed by atoms with Crippen LogP contribution in [0.4, 0.5) is 5.69 Å². The SMILES string of the molecule is COc1cc(/C=C/c2cc(OC)c(OC)c(OC)c2)cc(NC(=O)/C=C/c2ccc(Cl)cc2)c1O. The fourth-order valence-electron chi connectivity index (χ4n) is 3.29. The molecule has 8 heteroatoms. The van der Waals surface area contributed by atoms with Crippen molar-refractivity contribution in [2.45, 2.75) is 0 Å². The fraction of sp³-hybridized carbons (Fsp3) is 0.148. The van der Waals surface area contributed by atoms with E-state index in [9.17, 15) is 9.90 Å². The summed E-state index contributed by atoms with van der Waals surface area (Å²) < 4.78 is 21.4. The summed E-state index contributed by atoms with van der Waals surface area (Å²) in [5, 5.41) is 13.8. The average molecular weight is 496 g/mol. The van der Waals surface area contributed by atoms with Gasteiger partial charge in [-0.05, 0) is 59.2 Å². The van der Waals surface area contributed by atoms with Gasteiger partial charge >= 0.3 is 0 Å². The molecule has 35 heavy (non-hydrogen) atoms. The second-order valence-electron chi connectivity index (χ2n) is 7.29. The van der Waals surface area contributed by atoms with Crippen LogP contribution in [0.5, 0.6) is 28.7 Å². The van der Waals surface area contributed by atoms with E-state index in [1.807, 2.05) is 12.2 Å². The number of carbonyl (C=O) groups excluding carboxylic acids is 1. The maximum atomic E-state index is 12.5. The number of methoxy groups -OCH3 is 4. The van der Waals surface area contributed by atoms with E-state index in [4.69, 9.17) is 30.5 Å². The van der Waals surface area contributed by atoms with Gasteiger partial charge in [-0.2, -0.15) is 0 Å². The van der Waals surface area contributed by atoms with Crippen molar-refractivity contribution in [1.82, 2.24) is 0 Å². The van der Waals surface area contributed by atoms with Gasteiger partial charge in [-0.15, -0.1) is 0 Å². The number of carbonyl (C=O) groups is 1. The van der Waals surface area contributed by atoms with Crippen molar-refractivity contribution in [1.29, 1.82) is 0 Å². The molecule has 0 spiro atoms. The summed E-state index contributed by atoms with van der Waals surface area (Å²) >= 11 is 5.88. The number of ether oxygens (including phenoxy) is 4. The Bertz CT molecular complexity index is 1230. The minimum absolute atomic E-state index is 0.175. The van der Waals surface area contributed by atoms with Crippen LogP contribution >= 0.6 is 11.6 Å². The molecule has 0 unspecified atom stereocenters. The van der Waals surface area contributed by atoms with Gasteiger partial charge in [0.1, 0.15) is 0 Å². The van der Waals surface area contributed by atoms with E-state index in [1.54, 1.807) is 75.9 Å². The molecular formula is C27H26ClNO6. The van der Waals surface area contributed by atoms with Gasteiger partial charge in [-0.3, -0.25) is 4.79 Å². The first-order valence-corrected chi connectivity index (χ1v) is 10.9. The third-order valence-electron chi connectivity index (χ3n) is 5.03. The molecule has 0 heterocycles. The summed E-state index contributed by atoms with van der Waals surface area (Å²) in [5.74, 6) is 1.17. The molecule has 0 saturated heterocycles. The predicted molar refractivity (Wildman–Crippen MR) is 139 cm³/mol. The molecule has 0 fully saturated rings. The monoisotopic (exact) mass is 495 g/mol. The summed E-state index contributed by atoms with van der Waals surface area (Å²) in [6.07, 6.45) is 6.66. The Morgan fingerprint density at radius 3 is 1.86 bits per heavy atom. The first kappa shape index (κ1) is 25.5. The molecule has 1 amide bonds. The number of rotatable bonds is 9. The van der Waals surface area contributed by atoms with Crippen LogP contribution in [0.15, 0.2) is 54.6 Å². The molecule has 182 valence electrons. The molecule has 0 aliphatic heterocycles. The zero-order chi connectivity index (χ0) is 25.4. The van der Waals surface area contributed by atoms with Gasteiger partial charge in [0.2, 0.25) is 11.7 Å². The Hall–Kier alpha value is -4.10. The van der Waals surface area contributed by atoms with Crippen LogP contribution in [0.25, 0.3) is 18.2 Å². The highest BCUT2D eigenvalue weighted by Gasteiger charge is 2.13. The topological polar surface area (TPSA) is 86.3 Å². The molecule has 0 aromatic heterocycles. The second kappa shape index (κ2) is 11.9. The number of halogens is 1. The Labute approximate surface area is 209 Å². The molecule has 0 saturated carbocycles. The van der Waals surface area contributed by atoms with Crippen molar-refractivity contribution in [3.8, 4) is 28.7 Å². The normalized spacial score (nSPS) is 11.0. The molecule has 3 rings (SSSR count). The maximum absolute atomic E-state index is 12.5. The van der Waals surface area contributed by atoms with Gasteiger partial charge in [0, 0.05) is 11.1 Å². The van der Waals surface area contributed by atoms with E-state index in [-0.39, 0.29) is 17.2 Å². The summed E-state index contributed by atoms with van der Waals surface area (Å²) in [4.78, 5) is 12.5. The van der Waals surface area contributed by atoms with Crippen LogP contribution in [0.1, 0.15) is 16.7 Å². The van der Waals surface area contributed by atoms with Crippen molar-refractivity contribution in [3.05, 3.63) is 76.3 Å². The van der Waals surface area contributed by atoms with E-state index in [0.717, 1.165) is 11.1 Å². The zero-order valence-corrected chi connectivity index (χ0v) is 20.6. The highest BCUT2D eigenvalue weighted by atomic mass is 35.5. The molecule has 0 atom stereocenters. The Kier molecular flexibility index (Phi) is 8.64. The zero-order valence-electron chi connectivity index (χ0n) is 19.8. The lowest BCUT2D eigenvalue weighted by atomic mass is 10.1. The maximum Gasteiger partial charge on any atom is 0.248 e. The minimum Gasteiger partial charge on any atom is -0.503 e. The highest BCUT2D eigenvalue weighted by Crippen LogP contribution is 2.39. The van der Waals surface area contributed by atoms with Crippen LogP contribution < -0.4 is 24.3 Å². The van der Waals surface area contributed by atoms with Crippen LogP contribution in [-0.2, 0) is 4.79 Å². The largest absolute Gasteiger partial charge is 0.503 e. The highest BCUT2D eigenvalue weighted by molar-refractivity contribution is 6.30. The van der Waals surface area contributed by atoms with E-state index in [0.29, 0.717) is 27.8 Å². The van der Waals surface area contributed by atoms with E-state index in [2.05, 4.69) is 5.32 Å². The first-order valence-electron chi connectivity index (χ1n) is 10.5. The quantitative estimate of drug-likeness (QED) is 0.218. The van der Waals surface area contributed by atoms with Crippen LogP contribution in [0, 0.1) is 0 Å². The van der Waals surface area contributed by atoms with Crippen molar-refractivity contribution in [2.75, 3.05) is 33.8 Å². The van der Waals surface area contributed by atoms with E-state index < -0.39 is 5.91 Å². The van der Waals surface area contributed by atoms with Crippen molar-refractivity contribution >= 4 is 41.4 Å². The molecule has 0 radical (unpaired) electrons. The number of hydrogen-bond acceptors (Lipinski definition) is 6. The second-order valence-corrected chi connectivity index (χ2v) is 7.72. The van der Waals surface area contributed by atoms with Crippen LogP contribution in [-0.4, -0.2) is 39.5 Å². The van der Waals surface area contributed by atoms with E-state index in [1.165, 1.54) is 13.2 Å². The van der Waals surface area contributed by atoms with Gasteiger partial charge in [0.15, 0.2) is 23.0 Å². The summed E-state index contributed by atoms with van der Waals surface area (Å²) in [6, 6.07) is 14.0. The lowest BCUT2D eigenvalue weighted by Gasteiger charge is -2.13. The Balaban J connectivity index is 1.86. The van der Waals surface area contributed by atoms with Crippen molar-refractivity contribution in [2.24, 2.45) is 0 Å². The van der Waals surface area contributed by atoms with Crippen molar-refractivity contribution < 1.29 is 28.8 Å². The number of anilines is 1. The third-order valence-corrected chi connectivity index (χ3v) is 5.28. The molecular weight excluding hydrogens is 470 g/mol. The van der Waals surface area contributed by atoms with Crippen LogP contribution in [0.3, 0.4) is 0 Å². The standard InChI is InChI=1S/C27H26ClNO6/c1-32-22-14-18(5-6-19-15-23(33-2)27(35-4)24(16-19)34-3)13-21(26(22)31)29-25(30)12-9-17-7-10-20(28)11-8-17/h5-16,31H,1-4H3,(H,29,30)/b6-5+,12-9+. The summed E-state index contributed by atoms with van der Waals surface area (Å²) in [6.45, 7) is 0. The number of aromatic hydroxyl groups is 1. The van der Waals surface area contributed by atoms with Crippen molar-refractivity contribution in [3.63, 3.8) is 0 Å². The number of amides is 1. The number of nitrogens with one attached hydrogen (secondary N) is 1. The molecule has 0 aliphatic carbocycles. The lowest BCUT2D eigenvalue weighted by molar-refractivity contribution is -0.111. The van der Waals surface area contributed by atoms with E-state index >= 15 is 0 Å². The van der Waals surface area contributed by atoms with Gasteiger partial charge in [0.05, 0.1) is 34.1 Å². The molecule has 7 nitrogen and oxygen atoms in total. The lowest BCUT2D eigenvalue weighted by Crippen LogP contribution is -2.08. The van der Waals surface area contributed by atoms with Gasteiger partial charge < -0.3 is 29.4 Å². The number of phenolic OH excluding ortho intramolecular Hbond substituents is 1. The summed E-state index contributed by atoms with van der Waals surface area (Å²) in [7, 11) is 6.07. The molecule has 3 aromatic rings. The Morgan fingerprint density at radius 2 is 1.31 bits per heavy atom. The Morgan fingerprint density at radius 1 is 0.771 bits per heavy atom. The molecule has 2 N–H and O–H groups in total. The number of phenols is 1. The predicted octanol–water partition coefficient (Wildman–Crippen LogP) is 5.90. The summed E-state index contributed by atoms with van der Waals surface area (Å²) in [5.41, 5.74) is 2.50. The minimum atomic E-state index is -0.414. The van der Waals surface area contributed by atoms with Gasteiger partial charge in [-0.25, -0.2) is 0 Å². The molecule has 0 bridgehead atoms. The van der Waals surface area contributed by atoms with Gasteiger partial charge in [0.25, 0.3) is 0 Å². The first-order chi connectivity index (χ1) is 16.9. The van der Waals surface area contributed by atoms with Gasteiger partial charge in [-0.1, -0.05) is 35.9 Å². The third kappa shape index (κ3) is 6.49. The number of hydrogen-bond donors (Lipinski definition) is 2. The number of benzene rings is 3. The molecule has 3 aromatic carbocycles.